The third kappa shape index (κ3) is 5.21. The first-order chi connectivity index (χ1) is 12.4. The minimum atomic E-state index is -0.0466. The van der Waals surface area contributed by atoms with E-state index < -0.39 is 0 Å². The molecule has 0 unspecified atom stereocenters. The maximum Gasteiger partial charge on any atom is 0.257 e. The van der Waals surface area contributed by atoms with Crippen LogP contribution < -0.4 is 10.9 Å². The van der Waals surface area contributed by atoms with Gasteiger partial charge in [-0.1, -0.05) is 49.4 Å². The molecule has 26 heavy (non-hydrogen) atoms. The molecule has 0 radical (unpaired) electrons. The monoisotopic (exact) mass is 373 g/mol. The number of hydrogen-bond donors (Lipinski definition) is 1. The molecule has 1 aromatic heterocycles. The summed E-state index contributed by atoms with van der Waals surface area (Å²) in [5.74, 6) is 0.236. The fraction of sp³-hybridized carbons (Fsp3) is 0.450. The molecule has 0 saturated heterocycles. The average Bonchev–Trinajstić information content (AvgIpc) is 2.62. The molecule has 6 heteroatoms. The van der Waals surface area contributed by atoms with Gasteiger partial charge in [0.2, 0.25) is 5.91 Å². The van der Waals surface area contributed by atoms with E-state index >= 15 is 0 Å². The van der Waals surface area contributed by atoms with Crippen molar-refractivity contribution in [3.05, 3.63) is 57.0 Å². The Labute approximate surface area is 159 Å². The normalized spacial score (nSPS) is 10.8. The molecule has 0 aliphatic carbocycles. The number of carbonyl (C=O) groups is 1. The van der Waals surface area contributed by atoms with Crippen molar-refractivity contribution in [2.24, 2.45) is 7.05 Å². The van der Waals surface area contributed by atoms with Crippen LogP contribution in [0, 0.1) is 13.8 Å². The number of unbranched alkanes of at least 4 members (excludes halogenated alkanes) is 1. The van der Waals surface area contributed by atoms with Crippen LogP contribution >= 0.6 is 11.8 Å². The van der Waals surface area contributed by atoms with Gasteiger partial charge in [0, 0.05) is 31.3 Å². The average molecular weight is 374 g/mol. The molecular formula is C20H27N3O2S. The van der Waals surface area contributed by atoms with Crippen molar-refractivity contribution < 1.29 is 4.79 Å². The summed E-state index contributed by atoms with van der Waals surface area (Å²) in [7, 11) is 1.72. The van der Waals surface area contributed by atoms with Gasteiger partial charge in [0.05, 0.1) is 5.75 Å². The molecule has 1 aromatic carbocycles. The zero-order chi connectivity index (χ0) is 19.1. The lowest BCUT2D eigenvalue weighted by atomic mass is 10.0. The second-order valence-electron chi connectivity index (χ2n) is 6.42. The lowest BCUT2D eigenvalue weighted by molar-refractivity contribution is -0.118. The van der Waals surface area contributed by atoms with E-state index in [2.05, 4.69) is 17.2 Å². The van der Waals surface area contributed by atoms with E-state index in [1.165, 1.54) is 11.8 Å². The number of carbonyl (C=O) groups excluding carboxylic acids is 1. The molecule has 0 spiro atoms. The number of amides is 1. The van der Waals surface area contributed by atoms with Crippen LogP contribution in [-0.4, -0.2) is 27.8 Å². The molecule has 1 heterocycles. The van der Waals surface area contributed by atoms with Crippen molar-refractivity contribution in [2.45, 2.75) is 45.2 Å². The Morgan fingerprint density at radius 2 is 2.00 bits per heavy atom. The smallest absolute Gasteiger partial charge is 0.257 e. The Bertz CT molecular complexity index is 830. The van der Waals surface area contributed by atoms with Gasteiger partial charge in [-0.25, -0.2) is 4.98 Å². The first kappa shape index (κ1) is 20.2. The topological polar surface area (TPSA) is 64.0 Å². The third-order valence-electron chi connectivity index (χ3n) is 4.36. The van der Waals surface area contributed by atoms with E-state index in [0.29, 0.717) is 23.7 Å². The molecule has 1 amide bonds. The summed E-state index contributed by atoms with van der Waals surface area (Å²) in [6, 6.07) is 8.06. The summed E-state index contributed by atoms with van der Waals surface area (Å²) in [6.45, 7) is 6.68. The van der Waals surface area contributed by atoms with E-state index in [0.717, 1.165) is 29.7 Å². The van der Waals surface area contributed by atoms with Crippen LogP contribution in [0.4, 0.5) is 0 Å². The van der Waals surface area contributed by atoms with Gasteiger partial charge >= 0.3 is 0 Å². The van der Waals surface area contributed by atoms with E-state index in [9.17, 15) is 9.59 Å². The molecule has 0 saturated carbocycles. The van der Waals surface area contributed by atoms with Crippen molar-refractivity contribution in [2.75, 3.05) is 12.3 Å². The summed E-state index contributed by atoms with van der Waals surface area (Å²) in [6.07, 6.45) is 2.59. The van der Waals surface area contributed by atoms with E-state index in [-0.39, 0.29) is 17.2 Å². The van der Waals surface area contributed by atoms with Gasteiger partial charge in [-0.15, -0.1) is 0 Å². The number of aromatic nitrogens is 2. The van der Waals surface area contributed by atoms with Crippen molar-refractivity contribution in [1.29, 1.82) is 0 Å². The lowest BCUT2D eigenvalue weighted by Gasteiger charge is -2.13. The minimum Gasteiger partial charge on any atom is -0.355 e. The molecule has 0 bridgehead atoms. The maximum absolute atomic E-state index is 12.8. The molecule has 0 atom stereocenters. The second-order valence-corrected chi connectivity index (χ2v) is 7.36. The Morgan fingerprint density at radius 1 is 1.27 bits per heavy atom. The molecular weight excluding hydrogens is 346 g/mol. The summed E-state index contributed by atoms with van der Waals surface area (Å²) in [5, 5.41) is 3.45. The number of thioether (sulfide) groups is 1. The fourth-order valence-corrected chi connectivity index (χ4v) is 3.49. The summed E-state index contributed by atoms with van der Waals surface area (Å²) in [5.41, 5.74) is 3.68. The number of hydrogen-bond acceptors (Lipinski definition) is 4. The van der Waals surface area contributed by atoms with Gasteiger partial charge < -0.3 is 5.32 Å². The van der Waals surface area contributed by atoms with Crippen LogP contribution in [0.25, 0.3) is 0 Å². The van der Waals surface area contributed by atoms with Crippen molar-refractivity contribution in [3.63, 3.8) is 0 Å². The highest BCUT2D eigenvalue weighted by molar-refractivity contribution is 7.99. The lowest BCUT2D eigenvalue weighted by Crippen LogP contribution is -2.28. The predicted molar refractivity (Wildman–Crippen MR) is 107 cm³/mol. The van der Waals surface area contributed by atoms with Crippen LogP contribution in [0.15, 0.2) is 34.2 Å². The maximum atomic E-state index is 12.8. The molecule has 1 N–H and O–H groups in total. The highest BCUT2D eigenvalue weighted by Crippen LogP contribution is 2.17. The van der Waals surface area contributed by atoms with E-state index in [4.69, 9.17) is 0 Å². The highest BCUT2D eigenvalue weighted by atomic mass is 32.2. The zero-order valence-corrected chi connectivity index (χ0v) is 16.8. The summed E-state index contributed by atoms with van der Waals surface area (Å²) < 4.78 is 1.55. The first-order valence-corrected chi connectivity index (χ1v) is 9.93. The molecule has 0 aliphatic heterocycles. The quantitative estimate of drug-likeness (QED) is 0.439. The van der Waals surface area contributed by atoms with Crippen molar-refractivity contribution in [1.82, 2.24) is 14.9 Å². The largest absolute Gasteiger partial charge is 0.355 e. The van der Waals surface area contributed by atoms with Crippen LogP contribution in [0.3, 0.4) is 0 Å². The number of benzene rings is 1. The van der Waals surface area contributed by atoms with Gasteiger partial charge in [-0.05, 0) is 31.4 Å². The van der Waals surface area contributed by atoms with Crippen molar-refractivity contribution >= 4 is 17.7 Å². The van der Waals surface area contributed by atoms with Gasteiger partial charge in [0.1, 0.15) is 0 Å². The third-order valence-corrected chi connectivity index (χ3v) is 5.39. The molecule has 140 valence electrons. The Kier molecular flexibility index (Phi) is 7.45. The fourth-order valence-electron chi connectivity index (χ4n) is 2.65. The standard InChI is InChI=1S/C20H27N3O2S/c1-5-6-11-21-18(24)13-26-20-22-15(3)17(19(25)23(20)4)12-16-10-8-7-9-14(16)2/h7-10H,5-6,11-13H2,1-4H3,(H,21,24). The molecule has 2 rings (SSSR count). The van der Waals surface area contributed by atoms with E-state index in [1.807, 2.05) is 38.1 Å². The Morgan fingerprint density at radius 3 is 2.69 bits per heavy atom. The summed E-state index contributed by atoms with van der Waals surface area (Å²) >= 11 is 1.30. The SMILES string of the molecule is CCCCNC(=O)CSc1nc(C)c(Cc2ccccc2C)c(=O)n1C. The van der Waals surface area contributed by atoms with Gasteiger partial charge in [0.15, 0.2) is 5.16 Å². The summed E-state index contributed by atoms with van der Waals surface area (Å²) in [4.78, 5) is 29.2. The number of rotatable bonds is 8. The number of nitrogens with one attached hydrogen (secondary N) is 1. The van der Waals surface area contributed by atoms with Crippen LogP contribution in [0.1, 0.15) is 42.1 Å². The van der Waals surface area contributed by atoms with Crippen LogP contribution in [-0.2, 0) is 18.3 Å². The van der Waals surface area contributed by atoms with Gasteiger partial charge in [-0.3, -0.25) is 14.2 Å². The minimum absolute atomic E-state index is 0.0284. The predicted octanol–water partition coefficient (Wildman–Crippen LogP) is 3.00. The second kappa shape index (κ2) is 9.57. The van der Waals surface area contributed by atoms with E-state index in [1.54, 1.807) is 11.6 Å². The van der Waals surface area contributed by atoms with Crippen molar-refractivity contribution in [3.8, 4) is 0 Å². The van der Waals surface area contributed by atoms with Gasteiger partial charge in [0.25, 0.3) is 5.56 Å². The Balaban J connectivity index is 2.13. The first-order valence-electron chi connectivity index (χ1n) is 8.94. The molecule has 0 aliphatic rings. The molecule has 2 aromatic rings. The van der Waals surface area contributed by atoms with Crippen LogP contribution in [0.2, 0.25) is 0 Å². The molecule has 5 nitrogen and oxygen atoms in total. The highest BCUT2D eigenvalue weighted by Gasteiger charge is 2.14. The Hall–Kier alpha value is -2.08. The number of aryl methyl sites for hydroxylation is 2. The van der Waals surface area contributed by atoms with Gasteiger partial charge in [-0.2, -0.15) is 0 Å². The zero-order valence-electron chi connectivity index (χ0n) is 16.0. The number of nitrogens with zero attached hydrogens (tertiary/aromatic N) is 2. The molecule has 0 fully saturated rings. The van der Waals surface area contributed by atoms with Crippen LogP contribution in [0.5, 0.6) is 0 Å².